The second kappa shape index (κ2) is 13.1. The summed E-state index contributed by atoms with van der Waals surface area (Å²) in [7, 11) is 0. The molecule has 0 radical (unpaired) electrons. The summed E-state index contributed by atoms with van der Waals surface area (Å²) in [6, 6.07) is 2.26. The van der Waals surface area contributed by atoms with Crippen LogP contribution in [-0.4, -0.2) is 73.2 Å². The van der Waals surface area contributed by atoms with Gasteiger partial charge in [-0.05, 0) is 52.2 Å². The Morgan fingerprint density at radius 1 is 1.16 bits per heavy atom. The molecule has 1 fully saturated rings. The number of hydrogen-bond donors (Lipinski definition) is 2. The molecule has 208 valence electrons. The topological polar surface area (TPSA) is 106 Å². The number of nitrogens with one attached hydrogen (secondary N) is 2. The van der Waals surface area contributed by atoms with Crippen LogP contribution in [0.2, 0.25) is 5.02 Å². The summed E-state index contributed by atoms with van der Waals surface area (Å²) in [5, 5.41) is 5.13. The molecule has 3 amide bonds. The maximum atomic E-state index is 13.5. The zero-order chi connectivity index (χ0) is 27.8. The van der Waals surface area contributed by atoms with E-state index >= 15 is 0 Å². The molecule has 2 rings (SSSR count). The van der Waals surface area contributed by atoms with Gasteiger partial charge in [-0.1, -0.05) is 11.6 Å². The molecule has 0 bridgehead atoms. The van der Waals surface area contributed by atoms with E-state index in [9.17, 15) is 31.9 Å². The van der Waals surface area contributed by atoms with Gasteiger partial charge in [0.1, 0.15) is 23.2 Å². The zero-order valence-electron chi connectivity index (χ0n) is 20.6. The molecule has 0 aliphatic carbocycles. The van der Waals surface area contributed by atoms with Crippen molar-refractivity contribution in [2.24, 2.45) is 0 Å². The normalized spacial score (nSPS) is 18.2. The minimum Gasteiger partial charge on any atom is -0.484 e. The molecule has 1 aliphatic heterocycles. The van der Waals surface area contributed by atoms with Gasteiger partial charge in [0.25, 0.3) is 5.91 Å². The number of ether oxygens (including phenoxy) is 3. The minimum absolute atomic E-state index is 0.0501. The Morgan fingerprint density at radius 2 is 1.86 bits per heavy atom. The molecule has 37 heavy (non-hydrogen) atoms. The highest BCUT2D eigenvalue weighted by Gasteiger charge is 2.38. The van der Waals surface area contributed by atoms with E-state index < -0.39 is 61.0 Å². The van der Waals surface area contributed by atoms with Gasteiger partial charge in [0, 0.05) is 25.2 Å². The molecular weight excluding hydrogens is 526 g/mol. The first-order valence-corrected chi connectivity index (χ1v) is 11.9. The molecule has 1 saturated heterocycles. The molecule has 1 aromatic carbocycles. The van der Waals surface area contributed by atoms with Crippen molar-refractivity contribution >= 4 is 29.5 Å². The number of piperidine rings is 1. The summed E-state index contributed by atoms with van der Waals surface area (Å²) in [6.07, 6.45) is -5.12. The van der Waals surface area contributed by atoms with E-state index in [1.165, 1.54) is 17.0 Å². The van der Waals surface area contributed by atoms with Crippen LogP contribution in [0.4, 0.5) is 22.4 Å². The van der Waals surface area contributed by atoms with Gasteiger partial charge in [0.2, 0.25) is 5.91 Å². The van der Waals surface area contributed by atoms with E-state index in [-0.39, 0.29) is 36.7 Å². The fraction of sp³-hybridized carbons (Fsp3) is 0.609. The molecule has 1 heterocycles. The third kappa shape index (κ3) is 11.0. The number of carbonyl (C=O) groups is 3. The molecule has 2 N–H and O–H groups in total. The van der Waals surface area contributed by atoms with Gasteiger partial charge < -0.3 is 20.1 Å². The van der Waals surface area contributed by atoms with Gasteiger partial charge in [-0.3, -0.25) is 19.2 Å². The average molecular weight is 556 g/mol. The van der Waals surface area contributed by atoms with Crippen LogP contribution in [0.3, 0.4) is 0 Å². The number of amides is 3. The van der Waals surface area contributed by atoms with Crippen LogP contribution >= 0.6 is 11.6 Å². The fourth-order valence-corrected chi connectivity index (χ4v) is 3.58. The predicted octanol–water partition coefficient (Wildman–Crippen LogP) is 3.78. The molecule has 0 spiro atoms. The van der Waals surface area contributed by atoms with Crippen LogP contribution < -0.4 is 15.4 Å². The van der Waals surface area contributed by atoms with Crippen LogP contribution in [-0.2, 0) is 19.1 Å². The van der Waals surface area contributed by atoms with E-state index in [1.807, 2.05) is 0 Å². The Balaban J connectivity index is 1.94. The maximum Gasteiger partial charge on any atom is 0.522 e. The standard InChI is InChI=1S/C23H30ClF4N3O6/c1-22(2,3)37-21(34)31-12-14(30-19(32)13-35-15-6-7-16(24)17(25)11-15)5-8-18(31)20(33)29-9-4-10-36-23(26,27)28/h6-7,11,14,18H,4-5,8-10,12-13H2,1-3H3,(H,29,33)(H,30,32)/t14?,18-/m0/s1. The number of likely N-dealkylation sites (tertiary alicyclic amines) is 1. The van der Waals surface area contributed by atoms with Crippen molar-refractivity contribution in [2.75, 3.05) is 26.3 Å². The molecule has 1 aromatic rings. The number of halogens is 5. The third-order valence-corrected chi connectivity index (χ3v) is 5.33. The summed E-state index contributed by atoms with van der Waals surface area (Å²) in [6.45, 7) is 3.78. The lowest BCUT2D eigenvalue weighted by Gasteiger charge is -2.39. The highest BCUT2D eigenvalue weighted by molar-refractivity contribution is 6.30. The summed E-state index contributed by atoms with van der Waals surface area (Å²) in [5.74, 6) is -1.68. The summed E-state index contributed by atoms with van der Waals surface area (Å²) >= 11 is 5.62. The first-order chi connectivity index (χ1) is 17.1. The smallest absolute Gasteiger partial charge is 0.484 e. The summed E-state index contributed by atoms with van der Waals surface area (Å²) < 4.78 is 64.1. The molecule has 14 heteroatoms. The Bertz CT molecular complexity index is 957. The molecular formula is C23H30ClF4N3O6. The molecule has 2 atom stereocenters. The van der Waals surface area contributed by atoms with Gasteiger partial charge in [0.15, 0.2) is 6.61 Å². The zero-order valence-corrected chi connectivity index (χ0v) is 21.4. The van der Waals surface area contributed by atoms with Crippen molar-refractivity contribution in [3.8, 4) is 5.75 Å². The Hall–Kier alpha value is -2.80. The van der Waals surface area contributed by atoms with E-state index in [0.717, 1.165) is 6.07 Å². The Morgan fingerprint density at radius 3 is 2.49 bits per heavy atom. The lowest BCUT2D eigenvalue weighted by Crippen LogP contribution is -2.59. The van der Waals surface area contributed by atoms with E-state index in [0.29, 0.717) is 6.42 Å². The van der Waals surface area contributed by atoms with Crippen molar-refractivity contribution < 1.29 is 46.2 Å². The number of alkyl halides is 3. The second-order valence-electron chi connectivity index (χ2n) is 9.29. The van der Waals surface area contributed by atoms with Crippen LogP contribution in [0.25, 0.3) is 0 Å². The maximum absolute atomic E-state index is 13.5. The second-order valence-corrected chi connectivity index (χ2v) is 9.70. The van der Waals surface area contributed by atoms with Crippen molar-refractivity contribution in [1.82, 2.24) is 15.5 Å². The molecule has 1 aliphatic rings. The molecule has 9 nitrogen and oxygen atoms in total. The highest BCUT2D eigenvalue weighted by Crippen LogP contribution is 2.23. The van der Waals surface area contributed by atoms with Crippen LogP contribution in [0.1, 0.15) is 40.0 Å². The number of rotatable bonds is 9. The largest absolute Gasteiger partial charge is 0.522 e. The van der Waals surface area contributed by atoms with Crippen molar-refractivity contribution in [3.63, 3.8) is 0 Å². The van der Waals surface area contributed by atoms with Gasteiger partial charge in [0.05, 0.1) is 11.6 Å². The number of nitrogens with zero attached hydrogens (tertiary/aromatic N) is 1. The quantitative estimate of drug-likeness (QED) is 0.355. The first-order valence-electron chi connectivity index (χ1n) is 11.5. The third-order valence-electron chi connectivity index (χ3n) is 5.02. The minimum atomic E-state index is -4.75. The van der Waals surface area contributed by atoms with Gasteiger partial charge in [-0.15, -0.1) is 13.2 Å². The number of carbonyl (C=O) groups excluding carboxylic acids is 3. The van der Waals surface area contributed by atoms with E-state index in [4.69, 9.17) is 21.1 Å². The monoisotopic (exact) mass is 555 g/mol. The number of hydrogen-bond acceptors (Lipinski definition) is 6. The summed E-state index contributed by atoms with van der Waals surface area (Å²) in [4.78, 5) is 39.1. The van der Waals surface area contributed by atoms with Crippen molar-refractivity contribution in [3.05, 3.63) is 29.0 Å². The average Bonchev–Trinajstić information content (AvgIpc) is 2.77. The lowest BCUT2D eigenvalue weighted by molar-refractivity contribution is -0.324. The van der Waals surface area contributed by atoms with Gasteiger partial charge >= 0.3 is 12.5 Å². The molecule has 0 aromatic heterocycles. The van der Waals surface area contributed by atoms with Crippen LogP contribution in [0.15, 0.2) is 18.2 Å². The highest BCUT2D eigenvalue weighted by atomic mass is 35.5. The SMILES string of the molecule is CC(C)(C)OC(=O)N1CC(NC(=O)COc2ccc(Cl)c(F)c2)CC[C@H]1C(=O)NCCCOC(F)(F)F. The first kappa shape index (κ1) is 30.4. The molecule has 0 saturated carbocycles. The van der Waals surface area contributed by atoms with Crippen molar-refractivity contribution in [2.45, 2.75) is 64.1 Å². The van der Waals surface area contributed by atoms with Crippen LogP contribution in [0.5, 0.6) is 5.75 Å². The van der Waals surface area contributed by atoms with Crippen molar-refractivity contribution in [1.29, 1.82) is 0 Å². The van der Waals surface area contributed by atoms with Gasteiger partial charge in [-0.2, -0.15) is 0 Å². The lowest BCUT2D eigenvalue weighted by atomic mass is 9.97. The molecule has 1 unspecified atom stereocenters. The number of benzene rings is 1. The van der Waals surface area contributed by atoms with Crippen LogP contribution in [0, 0.1) is 5.82 Å². The fourth-order valence-electron chi connectivity index (χ4n) is 3.46. The van der Waals surface area contributed by atoms with E-state index in [2.05, 4.69) is 15.4 Å². The predicted molar refractivity (Wildman–Crippen MR) is 124 cm³/mol. The van der Waals surface area contributed by atoms with Gasteiger partial charge in [-0.25, -0.2) is 9.18 Å². The van der Waals surface area contributed by atoms with E-state index in [1.54, 1.807) is 20.8 Å². The summed E-state index contributed by atoms with van der Waals surface area (Å²) in [5.41, 5.74) is -0.856. The Labute approximate surface area is 216 Å². The Kier molecular flexibility index (Phi) is 10.8.